The summed E-state index contributed by atoms with van der Waals surface area (Å²) in [6.07, 6.45) is 0. The summed E-state index contributed by atoms with van der Waals surface area (Å²) in [4.78, 5) is 27.3. The maximum atomic E-state index is 12.0. The quantitative estimate of drug-likeness (QED) is 0.739. The average Bonchev–Trinajstić information content (AvgIpc) is 2.49. The van der Waals surface area contributed by atoms with Gasteiger partial charge in [0.25, 0.3) is 0 Å². The van der Waals surface area contributed by atoms with Gasteiger partial charge in [-0.05, 0) is 19.4 Å². The van der Waals surface area contributed by atoms with E-state index in [-0.39, 0.29) is 11.8 Å². The second-order valence-electron chi connectivity index (χ2n) is 4.79. The molecule has 0 radical (unpaired) electrons. The van der Waals surface area contributed by atoms with Crippen molar-refractivity contribution in [2.75, 3.05) is 31.6 Å². The zero-order valence-electron chi connectivity index (χ0n) is 13.0. The van der Waals surface area contributed by atoms with Crippen molar-refractivity contribution in [1.29, 1.82) is 0 Å². The van der Waals surface area contributed by atoms with Crippen molar-refractivity contribution in [2.24, 2.45) is 0 Å². The van der Waals surface area contributed by atoms with Crippen LogP contribution < -0.4 is 0 Å². The highest BCUT2D eigenvalue weighted by atomic mass is 32.2. The van der Waals surface area contributed by atoms with E-state index in [4.69, 9.17) is 0 Å². The van der Waals surface area contributed by atoms with Crippen LogP contribution in [0.3, 0.4) is 0 Å². The molecule has 0 bridgehead atoms. The monoisotopic (exact) mass is 308 g/mol. The molecule has 1 rings (SSSR count). The van der Waals surface area contributed by atoms with E-state index < -0.39 is 0 Å². The van der Waals surface area contributed by atoms with Gasteiger partial charge in [0.1, 0.15) is 0 Å². The summed E-state index contributed by atoms with van der Waals surface area (Å²) in [5.41, 5.74) is 1.11. The fraction of sp³-hybridized carbons (Fsp3) is 0.500. The topological polar surface area (TPSA) is 40.6 Å². The minimum atomic E-state index is 0.0520. The van der Waals surface area contributed by atoms with E-state index in [1.807, 2.05) is 44.2 Å². The number of benzene rings is 1. The summed E-state index contributed by atoms with van der Waals surface area (Å²) in [5, 5.41) is 0. The lowest BCUT2D eigenvalue weighted by atomic mass is 10.2. The van der Waals surface area contributed by atoms with Gasteiger partial charge in [0.05, 0.1) is 11.5 Å². The van der Waals surface area contributed by atoms with Crippen molar-refractivity contribution in [1.82, 2.24) is 9.80 Å². The number of carbonyl (C=O) groups is 2. The van der Waals surface area contributed by atoms with Crippen LogP contribution in [0.4, 0.5) is 0 Å². The number of hydrogen-bond donors (Lipinski definition) is 0. The van der Waals surface area contributed by atoms with E-state index in [2.05, 4.69) is 0 Å². The lowest BCUT2D eigenvalue weighted by Crippen LogP contribution is -2.33. The summed E-state index contributed by atoms with van der Waals surface area (Å²) >= 11 is 1.39. The number of hydrogen-bond acceptors (Lipinski definition) is 3. The van der Waals surface area contributed by atoms with Crippen molar-refractivity contribution in [3.8, 4) is 0 Å². The first-order chi connectivity index (χ1) is 10.1. The summed E-state index contributed by atoms with van der Waals surface area (Å²) in [5.74, 6) is 0.864. The molecule has 0 saturated heterocycles. The van der Waals surface area contributed by atoms with Gasteiger partial charge < -0.3 is 9.80 Å². The van der Waals surface area contributed by atoms with Gasteiger partial charge in [-0.1, -0.05) is 30.3 Å². The molecule has 2 amide bonds. The molecule has 0 saturated carbocycles. The second-order valence-corrected chi connectivity index (χ2v) is 5.78. The zero-order chi connectivity index (χ0) is 15.7. The molecule has 0 heterocycles. The van der Waals surface area contributed by atoms with Gasteiger partial charge in [-0.25, -0.2) is 0 Å². The minimum Gasteiger partial charge on any atom is -0.343 e. The Morgan fingerprint density at radius 3 is 2.14 bits per heavy atom. The summed E-state index contributed by atoms with van der Waals surface area (Å²) in [7, 11) is 1.79. The lowest BCUT2D eigenvalue weighted by molar-refractivity contribution is -0.128. The molecule has 21 heavy (non-hydrogen) atoms. The molecule has 5 heteroatoms. The van der Waals surface area contributed by atoms with Gasteiger partial charge in [0.2, 0.25) is 11.8 Å². The fourth-order valence-electron chi connectivity index (χ4n) is 1.95. The SMILES string of the molecule is CCN(CC)C(=O)CSCC(=O)N(C)Cc1ccccc1. The lowest BCUT2D eigenvalue weighted by Gasteiger charge is -2.19. The molecule has 116 valence electrons. The third-order valence-electron chi connectivity index (χ3n) is 3.26. The molecule has 0 fully saturated rings. The Hall–Kier alpha value is -1.49. The van der Waals surface area contributed by atoms with Crippen molar-refractivity contribution in [3.05, 3.63) is 35.9 Å². The smallest absolute Gasteiger partial charge is 0.232 e. The highest BCUT2D eigenvalue weighted by molar-refractivity contribution is 8.00. The molecule has 1 aromatic rings. The molecule has 0 aromatic heterocycles. The Morgan fingerprint density at radius 1 is 1.00 bits per heavy atom. The highest BCUT2D eigenvalue weighted by Crippen LogP contribution is 2.07. The number of carbonyl (C=O) groups excluding carboxylic acids is 2. The zero-order valence-corrected chi connectivity index (χ0v) is 13.9. The maximum absolute atomic E-state index is 12.0. The first-order valence-corrected chi connectivity index (χ1v) is 8.37. The van der Waals surface area contributed by atoms with E-state index in [0.29, 0.717) is 18.1 Å². The van der Waals surface area contributed by atoms with Crippen molar-refractivity contribution >= 4 is 23.6 Å². The molecule has 0 unspecified atom stereocenters. The molecule has 0 aliphatic carbocycles. The largest absolute Gasteiger partial charge is 0.343 e. The summed E-state index contributed by atoms with van der Waals surface area (Å²) < 4.78 is 0. The second kappa shape index (κ2) is 9.45. The minimum absolute atomic E-state index is 0.0520. The van der Waals surface area contributed by atoms with Gasteiger partial charge in [0, 0.05) is 26.7 Å². The molecule has 0 aliphatic heterocycles. The number of nitrogens with zero attached hydrogens (tertiary/aromatic N) is 2. The van der Waals surface area contributed by atoms with Gasteiger partial charge in [-0.15, -0.1) is 11.8 Å². The van der Waals surface area contributed by atoms with Crippen LogP contribution in [0.15, 0.2) is 30.3 Å². The van der Waals surface area contributed by atoms with Crippen LogP contribution in [-0.2, 0) is 16.1 Å². The van der Waals surface area contributed by atoms with E-state index in [1.54, 1.807) is 16.8 Å². The predicted octanol–water partition coefficient (Wildman–Crippen LogP) is 2.25. The van der Waals surface area contributed by atoms with Gasteiger partial charge in [-0.2, -0.15) is 0 Å². The first kappa shape index (κ1) is 17.6. The molecular weight excluding hydrogens is 284 g/mol. The standard InChI is InChI=1S/C16H24N2O2S/c1-4-18(5-2)16(20)13-21-12-15(19)17(3)11-14-9-7-6-8-10-14/h6-10H,4-5,11-13H2,1-3H3. The first-order valence-electron chi connectivity index (χ1n) is 7.21. The third-order valence-corrected chi connectivity index (χ3v) is 4.16. The van der Waals surface area contributed by atoms with Gasteiger partial charge in [0.15, 0.2) is 0 Å². The van der Waals surface area contributed by atoms with Crippen LogP contribution in [0.2, 0.25) is 0 Å². The van der Waals surface area contributed by atoms with Crippen molar-refractivity contribution in [3.63, 3.8) is 0 Å². The normalized spacial score (nSPS) is 10.2. The van der Waals surface area contributed by atoms with Gasteiger partial charge in [-0.3, -0.25) is 9.59 Å². The van der Waals surface area contributed by atoms with Crippen LogP contribution in [0.1, 0.15) is 19.4 Å². The van der Waals surface area contributed by atoms with E-state index in [0.717, 1.165) is 18.7 Å². The number of rotatable bonds is 8. The Bertz CT molecular complexity index is 447. The Balaban J connectivity index is 2.32. The van der Waals surface area contributed by atoms with Crippen LogP contribution in [0.25, 0.3) is 0 Å². The molecule has 4 nitrogen and oxygen atoms in total. The predicted molar refractivity (Wildman–Crippen MR) is 88.2 cm³/mol. The molecule has 0 aliphatic rings. The van der Waals surface area contributed by atoms with Crippen LogP contribution in [0, 0.1) is 0 Å². The van der Waals surface area contributed by atoms with E-state index in [9.17, 15) is 9.59 Å². The Labute approximate surface area is 131 Å². The van der Waals surface area contributed by atoms with E-state index >= 15 is 0 Å². The van der Waals surface area contributed by atoms with E-state index in [1.165, 1.54) is 11.8 Å². The Morgan fingerprint density at radius 2 is 1.57 bits per heavy atom. The Kier molecular flexibility index (Phi) is 7.90. The van der Waals surface area contributed by atoms with Crippen molar-refractivity contribution in [2.45, 2.75) is 20.4 Å². The molecular formula is C16H24N2O2S. The maximum Gasteiger partial charge on any atom is 0.232 e. The molecule has 1 aromatic carbocycles. The summed E-state index contributed by atoms with van der Waals surface area (Å²) in [6.45, 7) is 5.97. The summed E-state index contributed by atoms with van der Waals surface area (Å²) in [6, 6.07) is 9.89. The van der Waals surface area contributed by atoms with Crippen LogP contribution in [-0.4, -0.2) is 53.3 Å². The molecule has 0 atom stereocenters. The number of thioether (sulfide) groups is 1. The fourth-order valence-corrected chi connectivity index (χ4v) is 2.80. The molecule has 0 spiro atoms. The van der Waals surface area contributed by atoms with Crippen LogP contribution in [0.5, 0.6) is 0 Å². The van der Waals surface area contributed by atoms with Crippen molar-refractivity contribution < 1.29 is 9.59 Å². The third kappa shape index (κ3) is 6.21. The number of amides is 2. The van der Waals surface area contributed by atoms with Crippen LogP contribution >= 0.6 is 11.8 Å². The molecule has 0 N–H and O–H groups in total. The highest BCUT2D eigenvalue weighted by Gasteiger charge is 2.13. The average molecular weight is 308 g/mol. The van der Waals surface area contributed by atoms with Gasteiger partial charge >= 0.3 is 0 Å².